The summed E-state index contributed by atoms with van der Waals surface area (Å²) < 4.78 is 0. The van der Waals surface area contributed by atoms with Crippen LogP contribution < -0.4 is 5.73 Å². The number of para-hydroxylation sites is 1. The van der Waals surface area contributed by atoms with Crippen LogP contribution in [0.2, 0.25) is 0 Å². The molecule has 0 spiro atoms. The normalized spacial score (nSPS) is 10.0. The van der Waals surface area contributed by atoms with Gasteiger partial charge in [-0.1, -0.05) is 12.1 Å². The van der Waals surface area contributed by atoms with Crippen LogP contribution in [0.15, 0.2) is 18.2 Å². The molecule has 0 fully saturated rings. The highest BCUT2D eigenvalue weighted by molar-refractivity contribution is 5.94. The summed E-state index contributed by atoms with van der Waals surface area (Å²) in [6, 6.07) is 4.77. The van der Waals surface area contributed by atoms with Crippen molar-refractivity contribution in [2.45, 2.75) is 6.42 Å². The summed E-state index contributed by atoms with van der Waals surface area (Å²) in [5, 5.41) is 34.1. The van der Waals surface area contributed by atoms with Gasteiger partial charge in [-0.25, -0.2) is 0 Å². The largest absolute Gasteiger partial charge is 0.504 e. The van der Waals surface area contributed by atoms with Crippen LogP contribution in [-0.2, 0) is 6.42 Å². The van der Waals surface area contributed by atoms with Crippen LogP contribution >= 0.6 is 0 Å². The SMILES string of the molecule is CN(CCc1cccc(O)c1O)C(=N)N(C)C(=N)N. The van der Waals surface area contributed by atoms with Crippen molar-refractivity contribution < 1.29 is 10.2 Å². The quantitative estimate of drug-likeness (QED) is 0.306. The lowest BCUT2D eigenvalue weighted by atomic mass is 10.1. The number of hydrogen-bond acceptors (Lipinski definition) is 4. The topological polar surface area (TPSA) is 121 Å². The van der Waals surface area contributed by atoms with E-state index < -0.39 is 0 Å². The fraction of sp³-hybridized carbons (Fsp3) is 0.333. The number of benzene rings is 1. The lowest BCUT2D eigenvalue weighted by Crippen LogP contribution is -2.46. The number of hydrogen-bond donors (Lipinski definition) is 5. The predicted molar refractivity (Wildman–Crippen MR) is 73.5 cm³/mol. The van der Waals surface area contributed by atoms with Crippen LogP contribution in [-0.4, -0.2) is 52.6 Å². The van der Waals surface area contributed by atoms with Gasteiger partial charge in [0.15, 0.2) is 23.4 Å². The molecule has 1 aromatic rings. The Labute approximate surface area is 111 Å². The Hall–Kier alpha value is -2.44. The average Bonchev–Trinajstić information content (AvgIpc) is 2.38. The minimum Gasteiger partial charge on any atom is -0.504 e. The fourth-order valence-electron chi connectivity index (χ4n) is 1.54. The second-order valence-electron chi connectivity index (χ2n) is 4.22. The average molecular weight is 265 g/mol. The van der Waals surface area contributed by atoms with Gasteiger partial charge in [-0.3, -0.25) is 15.7 Å². The molecule has 0 unspecified atom stereocenters. The molecule has 0 amide bonds. The molecule has 0 aliphatic rings. The molecule has 0 atom stereocenters. The number of nitrogens with zero attached hydrogens (tertiary/aromatic N) is 2. The Morgan fingerprint density at radius 1 is 1.26 bits per heavy atom. The first kappa shape index (κ1) is 14.6. The van der Waals surface area contributed by atoms with Gasteiger partial charge in [-0.05, 0) is 18.1 Å². The molecule has 0 saturated carbocycles. The summed E-state index contributed by atoms with van der Waals surface area (Å²) in [5.41, 5.74) is 5.90. The third-order valence-electron chi connectivity index (χ3n) is 2.86. The molecular weight excluding hydrogens is 246 g/mol. The van der Waals surface area contributed by atoms with Gasteiger partial charge in [-0.2, -0.15) is 0 Å². The predicted octanol–water partition coefficient (Wildman–Crippen LogP) is 0.332. The van der Waals surface area contributed by atoms with E-state index in [1.165, 1.54) is 18.0 Å². The number of phenols is 2. The molecule has 0 aromatic heterocycles. The Morgan fingerprint density at radius 2 is 1.89 bits per heavy atom. The highest BCUT2D eigenvalue weighted by Gasteiger charge is 2.13. The molecule has 7 nitrogen and oxygen atoms in total. The van der Waals surface area contributed by atoms with Crippen molar-refractivity contribution in [3.8, 4) is 11.5 Å². The minimum atomic E-state index is -0.211. The van der Waals surface area contributed by atoms with Crippen LogP contribution in [0.3, 0.4) is 0 Å². The van der Waals surface area contributed by atoms with Crippen molar-refractivity contribution in [3.63, 3.8) is 0 Å². The summed E-state index contributed by atoms with van der Waals surface area (Å²) in [6.07, 6.45) is 0.463. The number of nitrogens with two attached hydrogens (primary N) is 1. The fourth-order valence-corrected chi connectivity index (χ4v) is 1.54. The van der Waals surface area contributed by atoms with E-state index in [4.69, 9.17) is 16.6 Å². The number of nitrogens with one attached hydrogen (secondary N) is 2. The van der Waals surface area contributed by atoms with Gasteiger partial charge >= 0.3 is 0 Å². The number of phenolic OH excluding ortho intramolecular Hbond substituents is 2. The summed E-state index contributed by atoms with van der Waals surface area (Å²) >= 11 is 0. The first-order valence-electron chi connectivity index (χ1n) is 5.71. The number of likely N-dealkylation sites (N-methyl/N-ethyl adjacent to an activating group) is 1. The number of aromatic hydroxyl groups is 2. The van der Waals surface area contributed by atoms with Gasteiger partial charge < -0.3 is 20.8 Å². The van der Waals surface area contributed by atoms with E-state index in [9.17, 15) is 10.2 Å². The summed E-state index contributed by atoms with van der Waals surface area (Å²) in [4.78, 5) is 2.84. The zero-order valence-corrected chi connectivity index (χ0v) is 11.0. The van der Waals surface area contributed by atoms with Crippen molar-refractivity contribution in [2.75, 3.05) is 20.6 Å². The van der Waals surface area contributed by atoms with Crippen molar-refractivity contribution in [1.29, 1.82) is 10.8 Å². The van der Waals surface area contributed by atoms with Crippen LogP contribution in [0.1, 0.15) is 5.56 Å². The van der Waals surface area contributed by atoms with Gasteiger partial charge in [0.1, 0.15) is 0 Å². The van der Waals surface area contributed by atoms with E-state index in [2.05, 4.69) is 0 Å². The summed E-state index contributed by atoms with van der Waals surface area (Å²) in [7, 11) is 3.23. The highest BCUT2D eigenvalue weighted by Crippen LogP contribution is 2.28. The second-order valence-corrected chi connectivity index (χ2v) is 4.22. The minimum absolute atomic E-state index is 0.0899. The number of rotatable bonds is 3. The van der Waals surface area contributed by atoms with Crippen LogP contribution in [0, 0.1) is 10.8 Å². The zero-order chi connectivity index (χ0) is 14.6. The van der Waals surface area contributed by atoms with Crippen molar-refractivity contribution in [1.82, 2.24) is 9.80 Å². The molecule has 0 bridgehead atoms. The Morgan fingerprint density at radius 3 is 2.47 bits per heavy atom. The van der Waals surface area contributed by atoms with Crippen molar-refractivity contribution >= 4 is 11.9 Å². The lowest BCUT2D eigenvalue weighted by molar-refractivity contribution is 0.394. The highest BCUT2D eigenvalue weighted by atomic mass is 16.3. The van der Waals surface area contributed by atoms with E-state index in [-0.39, 0.29) is 23.4 Å². The molecule has 7 heteroatoms. The first-order valence-corrected chi connectivity index (χ1v) is 5.71. The summed E-state index contributed by atoms with van der Waals surface area (Å²) in [6.45, 7) is 0.452. The van der Waals surface area contributed by atoms with E-state index >= 15 is 0 Å². The maximum Gasteiger partial charge on any atom is 0.200 e. The molecule has 1 rings (SSSR count). The Balaban J connectivity index is 2.64. The second kappa shape index (κ2) is 5.94. The standard InChI is InChI=1S/C12H19N5O2/c1-16(12(15)17(2)11(13)14)7-6-8-4-3-5-9(18)10(8)19/h3-5,15,18-19H,6-7H2,1-2H3,(H3,13,14). The van der Waals surface area contributed by atoms with E-state index in [0.29, 0.717) is 18.5 Å². The van der Waals surface area contributed by atoms with E-state index in [1.54, 1.807) is 24.1 Å². The monoisotopic (exact) mass is 265 g/mol. The number of guanidine groups is 2. The molecule has 0 aliphatic heterocycles. The van der Waals surface area contributed by atoms with Crippen LogP contribution in [0.4, 0.5) is 0 Å². The Bertz CT molecular complexity index is 489. The Kier molecular flexibility index (Phi) is 4.57. The van der Waals surface area contributed by atoms with Gasteiger partial charge in [0.25, 0.3) is 0 Å². The van der Waals surface area contributed by atoms with Crippen LogP contribution in [0.5, 0.6) is 11.5 Å². The summed E-state index contributed by atoms with van der Waals surface area (Å²) in [5.74, 6) is -0.414. The molecule has 19 heavy (non-hydrogen) atoms. The molecule has 0 saturated heterocycles. The van der Waals surface area contributed by atoms with Crippen LogP contribution in [0.25, 0.3) is 0 Å². The van der Waals surface area contributed by atoms with Gasteiger partial charge in [0.05, 0.1) is 0 Å². The molecule has 104 valence electrons. The maximum absolute atomic E-state index is 9.66. The third kappa shape index (κ3) is 3.51. The molecule has 0 aliphatic carbocycles. The molecule has 0 heterocycles. The molecular formula is C12H19N5O2. The third-order valence-corrected chi connectivity index (χ3v) is 2.86. The zero-order valence-electron chi connectivity index (χ0n) is 11.0. The maximum atomic E-state index is 9.66. The van der Waals surface area contributed by atoms with Gasteiger partial charge in [0.2, 0.25) is 0 Å². The van der Waals surface area contributed by atoms with E-state index in [0.717, 1.165) is 0 Å². The van der Waals surface area contributed by atoms with Gasteiger partial charge in [0, 0.05) is 20.6 Å². The van der Waals surface area contributed by atoms with Crippen molar-refractivity contribution in [3.05, 3.63) is 23.8 Å². The molecule has 6 N–H and O–H groups in total. The van der Waals surface area contributed by atoms with E-state index in [1.807, 2.05) is 0 Å². The van der Waals surface area contributed by atoms with Gasteiger partial charge in [-0.15, -0.1) is 0 Å². The molecule has 1 aromatic carbocycles. The molecule has 0 radical (unpaired) electrons. The smallest absolute Gasteiger partial charge is 0.200 e. The first-order chi connectivity index (χ1) is 8.84. The van der Waals surface area contributed by atoms with Crippen molar-refractivity contribution in [2.24, 2.45) is 5.73 Å². The lowest BCUT2D eigenvalue weighted by Gasteiger charge is -2.26.